The summed E-state index contributed by atoms with van der Waals surface area (Å²) < 4.78 is 15.4. The lowest BCUT2D eigenvalue weighted by Gasteiger charge is -2.38. The number of hydrogen-bond donors (Lipinski definition) is 0. The molecule has 28 heavy (non-hydrogen) atoms. The van der Waals surface area contributed by atoms with Crippen molar-refractivity contribution in [3.8, 4) is 0 Å². The van der Waals surface area contributed by atoms with E-state index in [1.54, 1.807) is 12.1 Å². The molecule has 2 aromatic heterocycles. The number of carbonyl (C=O) groups is 1. The van der Waals surface area contributed by atoms with E-state index in [1.165, 1.54) is 12.1 Å². The second-order valence-corrected chi connectivity index (χ2v) is 7.51. The third-order valence-electron chi connectivity index (χ3n) is 5.73. The molecule has 0 radical (unpaired) electrons. The van der Waals surface area contributed by atoms with Crippen LogP contribution in [0.3, 0.4) is 0 Å². The first-order valence-corrected chi connectivity index (χ1v) is 9.53. The van der Waals surface area contributed by atoms with Gasteiger partial charge in [-0.1, -0.05) is 18.2 Å². The number of likely N-dealkylation sites (tertiary alicyclic amines) is 1. The normalized spacial score (nSPS) is 21.6. The van der Waals surface area contributed by atoms with Crippen molar-refractivity contribution >= 4 is 5.91 Å². The molecule has 2 aliphatic heterocycles. The summed E-state index contributed by atoms with van der Waals surface area (Å²) in [6, 6.07) is 16.5. The molecule has 2 atom stereocenters. The smallest absolute Gasteiger partial charge is 0.271 e. The Morgan fingerprint density at radius 3 is 2.57 bits per heavy atom. The predicted molar refractivity (Wildman–Crippen MR) is 103 cm³/mol. The highest BCUT2D eigenvalue weighted by molar-refractivity contribution is 5.94. The Morgan fingerprint density at radius 2 is 1.79 bits per heavy atom. The number of amides is 1. The van der Waals surface area contributed by atoms with Crippen molar-refractivity contribution in [1.82, 2.24) is 19.4 Å². The highest BCUT2D eigenvalue weighted by Gasteiger charge is 2.44. The number of nitrogens with zero attached hydrogens (tertiary/aromatic N) is 4. The van der Waals surface area contributed by atoms with Gasteiger partial charge in [0.15, 0.2) is 0 Å². The van der Waals surface area contributed by atoms with Gasteiger partial charge < -0.3 is 9.47 Å². The molecule has 142 valence electrons. The molecule has 5 rings (SSSR count). The van der Waals surface area contributed by atoms with Crippen LogP contribution in [0, 0.1) is 5.82 Å². The van der Waals surface area contributed by atoms with Gasteiger partial charge in [-0.15, -0.1) is 0 Å². The van der Waals surface area contributed by atoms with Crippen LogP contribution in [0.5, 0.6) is 0 Å². The summed E-state index contributed by atoms with van der Waals surface area (Å²) in [5.74, 6) is -0.224. The summed E-state index contributed by atoms with van der Waals surface area (Å²) in [5, 5.41) is 0. The minimum atomic E-state index is -0.261. The van der Waals surface area contributed by atoms with E-state index in [9.17, 15) is 9.18 Å². The molecule has 1 aromatic carbocycles. The van der Waals surface area contributed by atoms with Crippen molar-refractivity contribution in [1.29, 1.82) is 0 Å². The SMILES string of the molecule is O=C1c2cccn2C2CN(Cc3ccccn3)CC2N1Cc1ccc(F)cc1. The van der Waals surface area contributed by atoms with Crippen molar-refractivity contribution in [2.24, 2.45) is 0 Å². The van der Waals surface area contributed by atoms with Crippen molar-refractivity contribution in [2.75, 3.05) is 13.1 Å². The minimum Gasteiger partial charge on any atom is -0.337 e. The largest absolute Gasteiger partial charge is 0.337 e. The fourth-order valence-corrected chi connectivity index (χ4v) is 4.41. The molecule has 0 bridgehead atoms. The standard InChI is InChI=1S/C22H21FN4O/c23-17-8-6-16(7-9-17)12-27-21-15-25(13-18-4-1-2-10-24-18)14-20(21)26-11-3-5-19(26)22(27)28/h1-11,20-21H,12-15H2. The number of benzene rings is 1. The molecule has 4 heterocycles. The maximum atomic E-state index is 13.3. The van der Waals surface area contributed by atoms with Gasteiger partial charge in [-0.3, -0.25) is 14.7 Å². The van der Waals surface area contributed by atoms with Gasteiger partial charge in [0.1, 0.15) is 11.5 Å². The Kier molecular flexibility index (Phi) is 4.20. The van der Waals surface area contributed by atoms with E-state index in [0.717, 1.165) is 36.6 Å². The molecule has 1 amide bonds. The van der Waals surface area contributed by atoms with Crippen LogP contribution >= 0.6 is 0 Å². The van der Waals surface area contributed by atoms with Gasteiger partial charge in [0, 0.05) is 38.6 Å². The fraction of sp³-hybridized carbons (Fsp3) is 0.273. The van der Waals surface area contributed by atoms with Gasteiger partial charge in [-0.25, -0.2) is 4.39 Å². The molecular formula is C22H21FN4O. The first-order valence-electron chi connectivity index (χ1n) is 9.53. The summed E-state index contributed by atoms with van der Waals surface area (Å²) in [6.45, 7) is 2.92. The van der Waals surface area contributed by atoms with Crippen LogP contribution < -0.4 is 0 Å². The van der Waals surface area contributed by atoms with Crippen LogP contribution in [0.15, 0.2) is 67.0 Å². The molecule has 0 aliphatic carbocycles. The van der Waals surface area contributed by atoms with Crippen LogP contribution in [0.4, 0.5) is 4.39 Å². The quantitative estimate of drug-likeness (QED) is 0.703. The zero-order chi connectivity index (χ0) is 19.1. The first kappa shape index (κ1) is 17.1. The average molecular weight is 376 g/mol. The van der Waals surface area contributed by atoms with Gasteiger partial charge >= 0.3 is 0 Å². The summed E-state index contributed by atoms with van der Waals surface area (Å²) in [4.78, 5) is 21.9. The van der Waals surface area contributed by atoms with Crippen LogP contribution in [-0.4, -0.2) is 44.4 Å². The summed E-state index contributed by atoms with van der Waals surface area (Å²) in [6.07, 6.45) is 3.82. The number of pyridine rings is 1. The van der Waals surface area contributed by atoms with Gasteiger partial charge in [-0.05, 0) is 42.0 Å². The molecule has 0 spiro atoms. The van der Waals surface area contributed by atoms with Crippen molar-refractivity contribution in [3.63, 3.8) is 0 Å². The number of aromatic nitrogens is 2. The van der Waals surface area contributed by atoms with Gasteiger partial charge in [0.25, 0.3) is 5.91 Å². The summed E-state index contributed by atoms with van der Waals surface area (Å²) >= 11 is 0. The molecule has 1 fully saturated rings. The maximum Gasteiger partial charge on any atom is 0.271 e. The zero-order valence-electron chi connectivity index (χ0n) is 15.4. The summed E-state index contributed by atoms with van der Waals surface area (Å²) in [5.41, 5.74) is 2.70. The van der Waals surface area contributed by atoms with E-state index in [1.807, 2.05) is 47.6 Å². The van der Waals surface area contributed by atoms with Crippen molar-refractivity contribution in [3.05, 3.63) is 89.8 Å². The third-order valence-corrected chi connectivity index (χ3v) is 5.73. The number of hydrogen-bond acceptors (Lipinski definition) is 3. The molecule has 0 N–H and O–H groups in total. The van der Waals surface area contributed by atoms with E-state index < -0.39 is 0 Å². The lowest BCUT2D eigenvalue weighted by molar-refractivity contribution is 0.0556. The third kappa shape index (κ3) is 2.99. The number of rotatable bonds is 4. The average Bonchev–Trinajstić information content (AvgIpc) is 3.34. The van der Waals surface area contributed by atoms with E-state index in [2.05, 4.69) is 14.5 Å². The Labute approximate surface area is 163 Å². The lowest BCUT2D eigenvalue weighted by atomic mass is 10.0. The van der Waals surface area contributed by atoms with E-state index in [0.29, 0.717) is 6.54 Å². The molecular weight excluding hydrogens is 355 g/mol. The lowest BCUT2D eigenvalue weighted by Crippen LogP contribution is -2.49. The fourth-order valence-electron chi connectivity index (χ4n) is 4.41. The highest BCUT2D eigenvalue weighted by atomic mass is 19.1. The Bertz CT molecular complexity index is 985. The molecule has 2 unspecified atom stereocenters. The van der Waals surface area contributed by atoms with E-state index in [-0.39, 0.29) is 23.8 Å². The summed E-state index contributed by atoms with van der Waals surface area (Å²) in [7, 11) is 0. The molecule has 2 aliphatic rings. The Morgan fingerprint density at radius 1 is 0.964 bits per heavy atom. The van der Waals surface area contributed by atoms with Crippen LogP contribution in [0.1, 0.15) is 27.8 Å². The van der Waals surface area contributed by atoms with Gasteiger partial charge in [0.2, 0.25) is 0 Å². The number of carbonyl (C=O) groups excluding carboxylic acids is 1. The van der Waals surface area contributed by atoms with Gasteiger partial charge in [-0.2, -0.15) is 0 Å². The van der Waals surface area contributed by atoms with Crippen molar-refractivity contribution in [2.45, 2.75) is 25.2 Å². The molecule has 5 nitrogen and oxygen atoms in total. The highest BCUT2D eigenvalue weighted by Crippen LogP contribution is 2.35. The first-order chi connectivity index (χ1) is 13.7. The topological polar surface area (TPSA) is 41.4 Å². The van der Waals surface area contributed by atoms with Crippen LogP contribution in [0.25, 0.3) is 0 Å². The zero-order valence-corrected chi connectivity index (χ0v) is 15.4. The maximum absolute atomic E-state index is 13.3. The monoisotopic (exact) mass is 376 g/mol. The minimum absolute atomic E-state index is 0.0373. The van der Waals surface area contributed by atoms with E-state index in [4.69, 9.17) is 0 Å². The predicted octanol–water partition coefficient (Wildman–Crippen LogP) is 3.10. The van der Waals surface area contributed by atoms with Crippen LogP contribution in [0.2, 0.25) is 0 Å². The van der Waals surface area contributed by atoms with Gasteiger partial charge in [0.05, 0.1) is 17.8 Å². The second kappa shape index (κ2) is 6.87. The van der Waals surface area contributed by atoms with Crippen molar-refractivity contribution < 1.29 is 9.18 Å². The number of halogens is 1. The molecule has 1 saturated heterocycles. The Hall–Kier alpha value is -2.99. The van der Waals surface area contributed by atoms with Crippen LogP contribution in [-0.2, 0) is 13.1 Å². The molecule has 3 aromatic rings. The van der Waals surface area contributed by atoms with E-state index >= 15 is 0 Å². The second-order valence-electron chi connectivity index (χ2n) is 7.51. The molecule has 0 saturated carbocycles. The Balaban J connectivity index is 1.43. The molecule has 6 heteroatoms. The number of fused-ring (bicyclic) bond motifs is 3.